The highest BCUT2D eigenvalue weighted by atomic mass is 79.9. The van der Waals surface area contributed by atoms with E-state index in [4.69, 9.17) is 4.42 Å². The average molecular weight is 408 g/mol. The molecule has 0 bridgehead atoms. The molecule has 2 heterocycles. The van der Waals surface area contributed by atoms with E-state index in [1.54, 1.807) is 31.3 Å². The molecule has 0 radical (unpaired) electrons. The number of thiazole rings is 1. The normalized spacial score (nSPS) is 12.8. The van der Waals surface area contributed by atoms with Gasteiger partial charge in [-0.3, -0.25) is 9.59 Å². The van der Waals surface area contributed by atoms with Gasteiger partial charge in [0.15, 0.2) is 5.76 Å². The molecule has 1 aromatic carbocycles. The predicted octanol–water partition coefficient (Wildman–Crippen LogP) is 2.43. The van der Waals surface area contributed by atoms with Gasteiger partial charge in [-0.25, -0.2) is 4.39 Å². The number of halogens is 2. The van der Waals surface area contributed by atoms with Crippen molar-refractivity contribution in [2.75, 3.05) is 0 Å². The number of ketones is 1. The first-order valence-corrected chi connectivity index (χ1v) is 8.49. The summed E-state index contributed by atoms with van der Waals surface area (Å²) in [7, 11) is 1.56. The second-order valence-electron chi connectivity index (χ2n) is 4.96. The number of nitrogens with zero attached hydrogens (tertiary/aromatic N) is 1. The summed E-state index contributed by atoms with van der Waals surface area (Å²) in [6, 6.07) is 7.66. The number of Topliss-reactive ketones (excluding diaryl/α,β-unsaturated/α-hetero) is 1. The first-order chi connectivity index (χ1) is 11.5. The average Bonchev–Trinajstić information content (AvgIpc) is 3.17. The highest BCUT2D eigenvalue weighted by Crippen LogP contribution is 2.15. The topological polar surface area (TPSA) is 52.2 Å². The first-order valence-electron chi connectivity index (χ1n) is 6.88. The molecule has 3 rings (SSSR count). The molecule has 0 amide bonds. The molecule has 0 unspecified atom stereocenters. The summed E-state index contributed by atoms with van der Waals surface area (Å²) in [5, 5.41) is 0. The lowest BCUT2D eigenvalue weighted by Gasteiger charge is -1.96. The van der Waals surface area contributed by atoms with Gasteiger partial charge in [0.05, 0.1) is 10.8 Å². The summed E-state index contributed by atoms with van der Waals surface area (Å²) in [5.74, 6) is -0.567. The molecule has 0 N–H and O–H groups in total. The largest absolute Gasteiger partial charge is 0.461 e. The zero-order valence-electron chi connectivity index (χ0n) is 12.5. The Hall–Kier alpha value is -2.25. The highest BCUT2D eigenvalue weighted by molar-refractivity contribution is 9.10. The molecule has 122 valence electrons. The molecule has 7 heteroatoms. The first kappa shape index (κ1) is 16.6. The summed E-state index contributed by atoms with van der Waals surface area (Å²) < 4.78 is 21.8. The Morgan fingerprint density at radius 1 is 1.38 bits per heavy atom. The van der Waals surface area contributed by atoms with Crippen molar-refractivity contribution in [3.05, 3.63) is 77.8 Å². The molecule has 0 fully saturated rings. The lowest BCUT2D eigenvalue weighted by molar-refractivity contribution is 0.103. The fourth-order valence-corrected chi connectivity index (χ4v) is 3.48. The third-order valence-electron chi connectivity index (χ3n) is 3.32. The quantitative estimate of drug-likeness (QED) is 0.626. The van der Waals surface area contributed by atoms with Crippen LogP contribution in [0.4, 0.5) is 4.39 Å². The number of carbonyl (C=O) groups excluding carboxylic acids is 1. The summed E-state index contributed by atoms with van der Waals surface area (Å²) in [6.07, 6.45) is 4.21. The minimum absolute atomic E-state index is 0.194. The van der Waals surface area contributed by atoms with E-state index in [9.17, 15) is 14.0 Å². The van der Waals surface area contributed by atoms with Crippen LogP contribution in [0.15, 0.2) is 50.3 Å². The molecule has 2 aromatic heterocycles. The van der Waals surface area contributed by atoms with E-state index in [1.807, 2.05) is 0 Å². The van der Waals surface area contributed by atoms with Crippen LogP contribution >= 0.6 is 27.3 Å². The van der Waals surface area contributed by atoms with Gasteiger partial charge in [-0.1, -0.05) is 15.9 Å². The lowest BCUT2D eigenvalue weighted by atomic mass is 10.2. The standard InChI is InChI=1S/C17H11BrFNO3S/c1-20-16(9-13(21)14-3-2-6-23-14)24-15(17(20)22)8-10-7-11(18)4-5-12(10)19/h2-9H,1H3/b15-8-,16-9-. The van der Waals surface area contributed by atoms with Crippen LogP contribution in [0.2, 0.25) is 0 Å². The summed E-state index contributed by atoms with van der Waals surface area (Å²) >= 11 is 4.39. The van der Waals surface area contributed by atoms with Crippen molar-refractivity contribution < 1.29 is 13.6 Å². The Balaban J connectivity index is 2.12. The van der Waals surface area contributed by atoms with Gasteiger partial charge in [-0.05, 0) is 36.4 Å². The smallest absolute Gasteiger partial charge is 0.268 e. The van der Waals surface area contributed by atoms with E-state index in [2.05, 4.69) is 15.9 Å². The Labute approximate surface area is 148 Å². The van der Waals surface area contributed by atoms with Gasteiger partial charge in [0.25, 0.3) is 5.56 Å². The van der Waals surface area contributed by atoms with Crippen LogP contribution in [0, 0.1) is 5.82 Å². The van der Waals surface area contributed by atoms with Gasteiger partial charge in [-0.2, -0.15) is 0 Å². The molecule has 3 aromatic rings. The van der Waals surface area contributed by atoms with Crippen molar-refractivity contribution in [1.82, 2.24) is 4.57 Å². The van der Waals surface area contributed by atoms with Crippen LogP contribution in [-0.2, 0) is 7.05 Å². The van der Waals surface area contributed by atoms with E-state index >= 15 is 0 Å². The van der Waals surface area contributed by atoms with E-state index in [0.717, 1.165) is 11.3 Å². The van der Waals surface area contributed by atoms with Crippen molar-refractivity contribution in [2.24, 2.45) is 7.05 Å². The molecule has 0 atom stereocenters. The van der Waals surface area contributed by atoms with Crippen molar-refractivity contribution in [2.45, 2.75) is 0 Å². The van der Waals surface area contributed by atoms with Crippen LogP contribution in [0.5, 0.6) is 0 Å². The number of hydrogen-bond donors (Lipinski definition) is 0. The van der Waals surface area contributed by atoms with Crippen LogP contribution < -0.4 is 14.8 Å². The Bertz CT molecular complexity index is 1080. The number of carbonyl (C=O) groups is 1. The summed E-state index contributed by atoms with van der Waals surface area (Å²) in [6.45, 7) is 0. The van der Waals surface area contributed by atoms with Crippen molar-refractivity contribution in [3.63, 3.8) is 0 Å². The van der Waals surface area contributed by atoms with Gasteiger partial charge >= 0.3 is 0 Å². The van der Waals surface area contributed by atoms with Gasteiger partial charge in [0.1, 0.15) is 10.5 Å². The maximum absolute atomic E-state index is 13.9. The maximum Gasteiger partial charge on any atom is 0.268 e. The molecule has 0 spiro atoms. The van der Waals surface area contributed by atoms with Crippen LogP contribution in [0.25, 0.3) is 12.2 Å². The molecule has 0 saturated heterocycles. The molecule has 0 aliphatic rings. The summed E-state index contributed by atoms with van der Waals surface area (Å²) in [5.41, 5.74) is 0.00473. The molecule has 4 nitrogen and oxygen atoms in total. The minimum Gasteiger partial charge on any atom is -0.461 e. The third kappa shape index (κ3) is 3.32. The van der Waals surface area contributed by atoms with E-state index < -0.39 is 5.82 Å². The molecule has 0 saturated carbocycles. The second-order valence-corrected chi connectivity index (χ2v) is 6.94. The molecular formula is C17H11BrFNO3S. The monoisotopic (exact) mass is 407 g/mol. The van der Waals surface area contributed by atoms with E-state index in [0.29, 0.717) is 19.2 Å². The second kappa shape index (κ2) is 6.70. The Kier molecular flexibility index (Phi) is 4.64. The van der Waals surface area contributed by atoms with Crippen molar-refractivity contribution in [3.8, 4) is 0 Å². The van der Waals surface area contributed by atoms with Gasteiger partial charge in [-0.15, -0.1) is 11.3 Å². The fourth-order valence-electron chi connectivity index (χ4n) is 2.08. The Morgan fingerprint density at radius 2 is 2.17 bits per heavy atom. The van der Waals surface area contributed by atoms with Crippen LogP contribution in [-0.4, -0.2) is 10.4 Å². The Morgan fingerprint density at radius 3 is 2.88 bits per heavy atom. The van der Waals surface area contributed by atoms with Gasteiger partial charge in [0.2, 0.25) is 5.78 Å². The van der Waals surface area contributed by atoms with Crippen LogP contribution in [0.3, 0.4) is 0 Å². The molecule has 24 heavy (non-hydrogen) atoms. The van der Waals surface area contributed by atoms with Gasteiger partial charge < -0.3 is 8.98 Å². The lowest BCUT2D eigenvalue weighted by Crippen LogP contribution is -2.29. The molecule has 0 aliphatic heterocycles. The van der Waals surface area contributed by atoms with E-state index in [1.165, 1.54) is 29.0 Å². The van der Waals surface area contributed by atoms with Crippen LogP contribution in [0.1, 0.15) is 16.1 Å². The summed E-state index contributed by atoms with van der Waals surface area (Å²) in [4.78, 5) is 24.4. The SMILES string of the molecule is Cn1c(=O)/c(=C/c2cc(Br)ccc2F)s/c1=C\C(=O)c1ccco1. The van der Waals surface area contributed by atoms with Crippen molar-refractivity contribution in [1.29, 1.82) is 0 Å². The van der Waals surface area contributed by atoms with Gasteiger partial charge in [0, 0.05) is 23.2 Å². The highest BCUT2D eigenvalue weighted by Gasteiger charge is 2.08. The molecular weight excluding hydrogens is 397 g/mol. The number of benzene rings is 1. The van der Waals surface area contributed by atoms with Crippen molar-refractivity contribution >= 4 is 45.2 Å². The zero-order chi connectivity index (χ0) is 17.3. The number of rotatable bonds is 3. The minimum atomic E-state index is -0.425. The molecule has 0 aliphatic carbocycles. The van der Waals surface area contributed by atoms with E-state index in [-0.39, 0.29) is 17.1 Å². The number of furan rings is 1. The maximum atomic E-state index is 13.9. The number of hydrogen-bond acceptors (Lipinski definition) is 4. The zero-order valence-corrected chi connectivity index (χ0v) is 14.9. The number of aromatic nitrogens is 1. The predicted molar refractivity (Wildman–Crippen MR) is 94.0 cm³/mol. The third-order valence-corrected chi connectivity index (χ3v) is 4.93. The fraction of sp³-hybridized carbons (Fsp3) is 0.0588.